The van der Waals surface area contributed by atoms with E-state index in [1.165, 1.54) is 6.07 Å². The number of piperazine rings is 1. The molecule has 9 heteroatoms. The minimum absolute atomic E-state index is 0.101. The first kappa shape index (κ1) is 23.6. The van der Waals surface area contributed by atoms with Crippen LogP contribution in [0.5, 0.6) is 0 Å². The molecule has 4 aromatic heterocycles. The molecule has 0 amide bonds. The van der Waals surface area contributed by atoms with Gasteiger partial charge in [0.2, 0.25) is 0 Å². The number of hydrogen-bond acceptors (Lipinski definition) is 7. The minimum atomic E-state index is -0.205. The normalized spacial score (nSPS) is 17.8. The largest absolute Gasteiger partial charge is 0.353 e. The van der Waals surface area contributed by atoms with Gasteiger partial charge < -0.3 is 14.7 Å². The molecule has 2 aliphatic rings. The number of aromatic nitrogens is 5. The molecule has 2 aliphatic heterocycles. The first-order chi connectivity index (χ1) is 19.2. The lowest BCUT2D eigenvalue weighted by atomic mass is 10.0. The van der Waals surface area contributed by atoms with Gasteiger partial charge in [0.15, 0.2) is 5.65 Å². The molecule has 1 aromatic carbocycles. The third-order valence-corrected chi connectivity index (χ3v) is 7.70. The Hall–Kier alpha value is -4.53. The number of benzene rings is 1. The average Bonchev–Trinajstić information content (AvgIpc) is 3.65. The molecular formula is C30H29FN8. The van der Waals surface area contributed by atoms with Crippen molar-refractivity contribution in [3.05, 3.63) is 96.6 Å². The lowest BCUT2D eigenvalue weighted by Crippen LogP contribution is -2.47. The van der Waals surface area contributed by atoms with Gasteiger partial charge in [0.1, 0.15) is 29.0 Å². The maximum atomic E-state index is 14.0. The standard InChI is InChI=1S/C30H29FN8/c31-23-7-3-6-22(20-23)25-9-5-15-38(25)30-13-12-28-33-21-26(39(28)35-30)24-8-4-11-29(34-24)37-18-16-36(17-19-37)27-10-1-2-14-32-27/h1-4,6-8,10-14,20-21,25H,5,9,15-19H2. The fourth-order valence-electron chi connectivity index (χ4n) is 5.74. The predicted octanol–water partition coefficient (Wildman–Crippen LogP) is 4.99. The first-order valence-corrected chi connectivity index (χ1v) is 13.5. The van der Waals surface area contributed by atoms with Gasteiger partial charge in [-0.25, -0.2) is 23.9 Å². The van der Waals surface area contributed by atoms with Crippen molar-refractivity contribution in [1.29, 1.82) is 0 Å². The van der Waals surface area contributed by atoms with Gasteiger partial charge >= 0.3 is 0 Å². The van der Waals surface area contributed by atoms with Crippen molar-refractivity contribution in [2.45, 2.75) is 18.9 Å². The van der Waals surface area contributed by atoms with Crippen molar-refractivity contribution in [3.8, 4) is 11.4 Å². The van der Waals surface area contributed by atoms with E-state index in [4.69, 9.17) is 10.1 Å². The summed E-state index contributed by atoms with van der Waals surface area (Å²) in [4.78, 5) is 21.0. The Bertz CT molecular complexity index is 1600. The summed E-state index contributed by atoms with van der Waals surface area (Å²) in [5.74, 6) is 2.62. The van der Waals surface area contributed by atoms with Crippen molar-refractivity contribution >= 4 is 23.1 Å². The van der Waals surface area contributed by atoms with Gasteiger partial charge in [-0.3, -0.25) is 0 Å². The fraction of sp³-hybridized carbons (Fsp3) is 0.267. The number of anilines is 3. The molecule has 7 rings (SSSR count). The monoisotopic (exact) mass is 520 g/mol. The van der Waals surface area contributed by atoms with Crippen LogP contribution in [0.1, 0.15) is 24.4 Å². The van der Waals surface area contributed by atoms with Gasteiger partial charge in [0.05, 0.1) is 17.9 Å². The summed E-state index contributed by atoms with van der Waals surface area (Å²) < 4.78 is 15.8. The minimum Gasteiger partial charge on any atom is -0.353 e. The molecular weight excluding hydrogens is 491 g/mol. The van der Waals surface area contributed by atoms with Crippen LogP contribution in [0.4, 0.5) is 21.8 Å². The zero-order valence-electron chi connectivity index (χ0n) is 21.6. The highest BCUT2D eigenvalue weighted by Crippen LogP contribution is 2.35. The van der Waals surface area contributed by atoms with Crippen LogP contribution >= 0.6 is 0 Å². The number of hydrogen-bond donors (Lipinski definition) is 0. The van der Waals surface area contributed by atoms with E-state index in [0.717, 1.165) is 85.6 Å². The molecule has 8 nitrogen and oxygen atoms in total. The molecule has 196 valence electrons. The molecule has 6 heterocycles. The van der Waals surface area contributed by atoms with Gasteiger partial charge in [-0.2, -0.15) is 0 Å². The molecule has 0 spiro atoms. The molecule has 0 saturated carbocycles. The number of fused-ring (bicyclic) bond motifs is 1. The number of halogens is 1. The third-order valence-electron chi connectivity index (χ3n) is 7.70. The van der Waals surface area contributed by atoms with E-state index in [1.807, 2.05) is 59.4 Å². The Morgan fingerprint density at radius 2 is 1.56 bits per heavy atom. The lowest BCUT2D eigenvalue weighted by molar-refractivity contribution is 0.617. The van der Waals surface area contributed by atoms with Gasteiger partial charge in [-0.15, -0.1) is 5.10 Å². The Morgan fingerprint density at radius 3 is 2.38 bits per heavy atom. The van der Waals surface area contributed by atoms with Crippen molar-refractivity contribution < 1.29 is 4.39 Å². The highest BCUT2D eigenvalue weighted by molar-refractivity contribution is 5.63. The average molecular weight is 521 g/mol. The Kier molecular flexibility index (Phi) is 6.03. The van der Waals surface area contributed by atoms with E-state index in [0.29, 0.717) is 0 Å². The highest BCUT2D eigenvalue weighted by Gasteiger charge is 2.28. The lowest BCUT2D eigenvalue weighted by Gasteiger charge is -2.36. The quantitative estimate of drug-likeness (QED) is 0.323. The summed E-state index contributed by atoms with van der Waals surface area (Å²) >= 11 is 0. The fourth-order valence-corrected chi connectivity index (χ4v) is 5.74. The van der Waals surface area contributed by atoms with Crippen LogP contribution in [0.15, 0.2) is 85.2 Å². The highest BCUT2D eigenvalue weighted by atomic mass is 19.1. The molecule has 0 bridgehead atoms. The molecule has 0 N–H and O–H groups in total. The number of rotatable bonds is 5. The molecule has 1 atom stereocenters. The van der Waals surface area contributed by atoms with Crippen LogP contribution in [-0.2, 0) is 0 Å². The van der Waals surface area contributed by atoms with Crippen LogP contribution in [0.25, 0.3) is 17.0 Å². The number of pyridine rings is 2. The first-order valence-electron chi connectivity index (χ1n) is 13.5. The zero-order chi connectivity index (χ0) is 26.2. The van der Waals surface area contributed by atoms with Gasteiger partial charge in [-0.05, 0) is 66.9 Å². The van der Waals surface area contributed by atoms with Crippen molar-refractivity contribution in [3.63, 3.8) is 0 Å². The second-order valence-electron chi connectivity index (χ2n) is 10.1. The van der Waals surface area contributed by atoms with Crippen LogP contribution < -0.4 is 14.7 Å². The Labute approximate surface area is 226 Å². The van der Waals surface area contributed by atoms with Crippen molar-refractivity contribution in [2.75, 3.05) is 47.4 Å². The SMILES string of the molecule is Fc1cccc(C2CCCN2c2ccc3ncc(-c4cccc(N5CCN(c6ccccn6)CC5)n4)n3n2)c1. The van der Waals surface area contributed by atoms with E-state index in [-0.39, 0.29) is 11.9 Å². The summed E-state index contributed by atoms with van der Waals surface area (Å²) in [6.45, 7) is 4.41. The van der Waals surface area contributed by atoms with Crippen molar-refractivity contribution in [1.82, 2.24) is 24.6 Å². The Balaban J connectivity index is 1.15. The Morgan fingerprint density at radius 1 is 0.744 bits per heavy atom. The summed E-state index contributed by atoms with van der Waals surface area (Å²) in [7, 11) is 0. The van der Waals surface area contributed by atoms with E-state index in [9.17, 15) is 4.39 Å². The van der Waals surface area contributed by atoms with Crippen LogP contribution in [0.3, 0.4) is 0 Å². The van der Waals surface area contributed by atoms with Gasteiger partial charge in [-0.1, -0.05) is 24.3 Å². The number of imidazole rings is 1. The van der Waals surface area contributed by atoms with E-state index < -0.39 is 0 Å². The summed E-state index contributed by atoms with van der Waals surface area (Å²) in [5, 5.41) is 5.00. The molecule has 0 aliphatic carbocycles. The smallest absolute Gasteiger partial charge is 0.154 e. The molecule has 0 radical (unpaired) electrons. The van der Waals surface area contributed by atoms with Crippen molar-refractivity contribution in [2.24, 2.45) is 0 Å². The molecule has 2 fully saturated rings. The zero-order valence-corrected chi connectivity index (χ0v) is 21.6. The second kappa shape index (κ2) is 9.98. The van der Waals surface area contributed by atoms with Crippen LogP contribution in [0, 0.1) is 5.82 Å². The van der Waals surface area contributed by atoms with E-state index in [2.05, 4.69) is 36.8 Å². The van der Waals surface area contributed by atoms with Gasteiger partial charge in [0, 0.05) is 38.9 Å². The van der Waals surface area contributed by atoms with Crippen LogP contribution in [-0.4, -0.2) is 57.3 Å². The van der Waals surface area contributed by atoms with E-state index in [1.54, 1.807) is 12.1 Å². The molecule has 39 heavy (non-hydrogen) atoms. The summed E-state index contributed by atoms with van der Waals surface area (Å²) in [6.07, 6.45) is 5.69. The maximum absolute atomic E-state index is 14.0. The maximum Gasteiger partial charge on any atom is 0.154 e. The van der Waals surface area contributed by atoms with E-state index >= 15 is 0 Å². The number of nitrogens with zero attached hydrogens (tertiary/aromatic N) is 8. The summed E-state index contributed by atoms with van der Waals surface area (Å²) in [5.41, 5.74) is 3.44. The molecule has 2 saturated heterocycles. The second-order valence-corrected chi connectivity index (χ2v) is 10.1. The molecule has 5 aromatic rings. The third kappa shape index (κ3) is 4.54. The topological polar surface area (TPSA) is 65.7 Å². The summed E-state index contributed by atoms with van der Waals surface area (Å²) in [6, 6.07) is 23.2. The predicted molar refractivity (Wildman–Crippen MR) is 151 cm³/mol. The molecule has 1 unspecified atom stereocenters. The van der Waals surface area contributed by atoms with Gasteiger partial charge in [0.25, 0.3) is 0 Å². The van der Waals surface area contributed by atoms with Crippen LogP contribution in [0.2, 0.25) is 0 Å².